The second kappa shape index (κ2) is 10.3. The molecule has 0 saturated carbocycles. The molecule has 0 spiro atoms. The fourth-order valence-corrected chi connectivity index (χ4v) is 4.67. The van der Waals surface area contributed by atoms with Gasteiger partial charge in [0.25, 0.3) is 0 Å². The highest BCUT2D eigenvalue weighted by atomic mass is 16.5. The minimum Gasteiger partial charge on any atom is -0.496 e. The molecule has 0 bridgehead atoms. The molecule has 1 aromatic heterocycles. The van der Waals surface area contributed by atoms with Crippen molar-refractivity contribution >= 4 is 0 Å². The molecule has 6 nitrogen and oxygen atoms in total. The maximum absolute atomic E-state index is 9.69. The molecule has 1 saturated heterocycles. The fraction of sp³-hybridized carbons (Fsp3) is 0.423. The number of aromatic nitrogens is 2. The van der Waals surface area contributed by atoms with Crippen LogP contribution in [0.4, 0.5) is 0 Å². The zero-order valence-electron chi connectivity index (χ0n) is 19.4. The Labute approximate surface area is 191 Å². The number of rotatable bonds is 8. The summed E-state index contributed by atoms with van der Waals surface area (Å²) in [7, 11) is 1.71. The standard InChI is InChI=1S/C26H34N4O2/c1-20-16-24(30-11-4-10-27-30)7-6-23(20)18-28-12-13-29(25(19-28)9-14-31)17-22-5-8-26(32-3)21(2)15-22/h4-8,10-11,15-16,25,31H,9,12-14,17-19H2,1-3H3/t25-/m0/s1. The van der Waals surface area contributed by atoms with Gasteiger partial charge in [0, 0.05) is 57.8 Å². The lowest BCUT2D eigenvalue weighted by atomic mass is 10.0. The fourth-order valence-electron chi connectivity index (χ4n) is 4.67. The highest BCUT2D eigenvalue weighted by molar-refractivity contribution is 5.39. The molecule has 1 fully saturated rings. The van der Waals surface area contributed by atoms with Crippen LogP contribution in [0.15, 0.2) is 54.9 Å². The Balaban J connectivity index is 1.41. The van der Waals surface area contributed by atoms with Gasteiger partial charge in [-0.2, -0.15) is 5.10 Å². The summed E-state index contributed by atoms with van der Waals surface area (Å²) in [5.74, 6) is 0.930. The summed E-state index contributed by atoms with van der Waals surface area (Å²) in [6.45, 7) is 9.31. The quantitative estimate of drug-likeness (QED) is 0.588. The first-order chi connectivity index (χ1) is 15.6. The summed E-state index contributed by atoms with van der Waals surface area (Å²) in [5, 5.41) is 14.0. The summed E-state index contributed by atoms with van der Waals surface area (Å²) >= 11 is 0. The number of aryl methyl sites for hydroxylation is 2. The van der Waals surface area contributed by atoms with Crippen LogP contribution in [-0.2, 0) is 13.1 Å². The van der Waals surface area contributed by atoms with Crippen LogP contribution in [0.5, 0.6) is 5.75 Å². The van der Waals surface area contributed by atoms with Crippen molar-refractivity contribution in [2.75, 3.05) is 33.4 Å². The number of hydrogen-bond donors (Lipinski definition) is 1. The third-order valence-electron chi connectivity index (χ3n) is 6.49. The molecule has 0 unspecified atom stereocenters. The van der Waals surface area contributed by atoms with Gasteiger partial charge in [0.2, 0.25) is 0 Å². The second-order valence-corrected chi connectivity index (χ2v) is 8.74. The van der Waals surface area contributed by atoms with E-state index in [-0.39, 0.29) is 6.61 Å². The molecule has 6 heteroatoms. The monoisotopic (exact) mass is 434 g/mol. The van der Waals surface area contributed by atoms with Crippen LogP contribution < -0.4 is 4.74 Å². The lowest BCUT2D eigenvalue weighted by Gasteiger charge is -2.41. The molecule has 0 radical (unpaired) electrons. The van der Waals surface area contributed by atoms with Gasteiger partial charge in [-0.3, -0.25) is 9.80 Å². The molecule has 32 heavy (non-hydrogen) atoms. The second-order valence-electron chi connectivity index (χ2n) is 8.74. The summed E-state index contributed by atoms with van der Waals surface area (Å²) in [6, 6.07) is 15.3. The first-order valence-electron chi connectivity index (χ1n) is 11.4. The Morgan fingerprint density at radius 3 is 2.62 bits per heavy atom. The van der Waals surface area contributed by atoms with E-state index in [1.54, 1.807) is 13.3 Å². The number of nitrogens with zero attached hydrogens (tertiary/aromatic N) is 4. The van der Waals surface area contributed by atoms with E-state index in [1.807, 2.05) is 16.9 Å². The van der Waals surface area contributed by atoms with Crippen LogP contribution in [0.3, 0.4) is 0 Å². The smallest absolute Gasteiger partial charge is 0.121 e. The largest absolute Gasteiger partial charge is 0.496 e. The first-order valence-corrected chi connectivity index (χ1v) is 11.4. The highest BCUT2D eigenvalue weighted by Gasteiger charge is 2.27. The van der Waals surface area contributed by atoms with Gasteiger partial charge in [0.15, 0.2) is 0 Å². The predicted molar refractivity (Wildman–Crippen MR) is 127 cm³/mol. The van der Waals surface area contributed by atoms with E-state index < -0.39 is 0 Å². The van der Waals surface area contributed by atoms with Crippen LogP contribution in [0, 0.1) is 13.8 Å². The van der Waals surface area contributed by atoms with Crippen molar-refractivity contribution in [1.29, 1.82) is 0 Å². The molecule has 4 rings (SSSR count). The van der Waals surface area contributed by atoms with Gasteiger partial charge < -0.3 is 9.84 Å². The van der Waals surface area contributed by atoms with Crippen LogP contribution in [-0.4, -0.2) is 64.1 Å². The maximum atomic E-state index is 9.69. The predicted octanol–water partition coefficient (Wildman–Crippen LogP) is 3.57. The van der Waals surface area contributed by atoms with Crippen molar-refractivity contribution in [2.45, 2.75) is 39.4 Å². The van der Waals surface area contributed by atoms with Gasteiger partial charge in [-0.1, -0.05) is 18.2 Å². The number of hydrogen-bond acceptors (Lipinski definition) is 5. The van der Waals surface area contributed by atoms with Crippen molar-refractivity contribution in [2.24, 2.45) is 0 Å². The number of aliphatic hydroxyl groups excluding tert-OH is 1. The number of methoxy groups -OCH3 is 1. The molecule has 170 valence electrons. The summed E-state index contributed by atoms with van der Waals surface area (Å²) < 4.78 is 7.30. The maximum Gasteiger partial charge on any atom is 0.121 e. The minimum absolute atomic E-state index is 0.217. The van der Waals surface area contributed by atoms with Crippen LogP contribution in [0.2, 0.25) is 0 Å². The van der Waals surface area contributed by atoms with E-state index in [0.717, 1.165) is 56.1 Å². The molecule has 1 N–H and O–H groups in total. The Morgan fingerprint density at radius 1 is 1.06 bits per heavy atom. The van der Waals surface area contributed by atoms with Crippen molar-refractivity contribution in [1.82, 2.24) is 19.6 Å². The normalized spacial score (nSPS) is 17.6. The van der Waals surface area contributed by atoms with Crippen molar-refractivity contribution in [3.8, 4) is 11.4 Å². The average Bonchev–Trinajstić information content (AvgIpc) is 3.32. The topological polar surface area (TPSA) is 53.8 Å². The van der Waals surface area contributed by atoms with E-state index >= 15 is 0 Å². The summed E-state index contributed by atoms with van der Waals surface area (Å²) in [6.07, 6.45) is 4.57. The highest BCUT2D eigenvalue weighted by Crippen LogP contribution is 2.23. The summed E-state index contributed by atoms with van der Waals surface area (Å²) in [5.41, 5.74) is 6.19. The van der Waals surface area contributed by atoms with E-state index in [9.17, 15) is 5.11 Å². The molecule has 0 aliphatic carbocycles. The number of benzene rings is 2. The van der Waals surface area contributed by atoms with Gasteiger partial charge in [-0.15, -0.1) is 0 Å². The van der Waals surface area contributed by atoms with E-state index in [1.165, 1.54) is 16.7 Å². The van der Waals surface area contributed by atoms with Gasteiger partial charge in [-0.05, 0) is 66.8 Å². The lowest BCUT2D eigenvalue weighted by Crippen LogP contribution is -2.52. The first kappa shape index (κ1) is 22.5. The lowest BCUT2D eigenvalue weighted by molar-refractivity contribution is 0.0499. The number of ether oxygens (including phenoxy) is 1. The van der Waals surface area contributed by atoms with Crippen molar-refractivity contribution in [3.05, 3.63) is 77.1 Å². The van der Waals surface area contributed by atoms with Crippen molar-refractivity contribution < 1.29 is 9.84 Å². The van der Waals surface area contributed by atoms with E-state index in [2.05, 4.69) is 65.1 Å². The van der Waals surface area contributed by atoms with E-state index in [0.29, 0.717) is 6.04 Å². The molecule has 0 amide bonds. The van der Waals surface area contributed by atoms with Crippen LogP contribution >= 0.6 is 0 Å². The van der Waals surface area contributed by atoms with Crippen LogP contribution in [0.25, 0.3) is 5.69 Å². The average molecular weight is 435 g/mol. The van der Waals surface area contributed by atoms with Gasteiger partial charge in [0.1, 0.15) is 5.75 Å². The molecule has 2 heterocycles. The molecule has 1 aliphatic rings. The SMILES string of the molecule is COc1ccc(CN2CCN(Cc3ccc(-n4cccn4)cc3C)C[C@@H]2CCO)cc1C. The Hall–Kier alpha value is -2.67. The van der Waals surface area contributed by atoms with Gasteiger partial charge >= 0.3 is 0 Å². The van der Waals surface area contributed by atoms with Crippen molar-refractivity contribution in [3.63, 3.8) is 0 Å². The minimum atomic E-state index is 0.217. The third kappa shape index (κ3) is 5.21. The van der Waals surface area contributed by atoms with Crippen LogP contribution in [0.1, 0.15) is 28.7 Å². The Morgan fingerprint density at radius 2 is 1.94 bits per heavy atom. The molecule has 3 aromatic rings. The molecular formula is C26H34N4O2. The molecular weight excluding hydrogens is 400 g/mol. The zero-order chi connectivity index (χ0) is 22.5. The van der Waals surface area contributed by atoms with Gasteiger partial charge in [0.05, 0.1) is 12.8 Å². The number of piperazine rings is 1. The molecule has 1 aliphatic heterocycles. The zero-order valence-corrected chi connectivity index (χ0v) is 19.4. The third-order valence-corrected chi connectivity index (χ3v) is 6.49. The molecule has 2 aromatic carbocycles. The summed E-state index contributed by atoms with van der Waals surface area (Å²) in [4.78, 5) is 5.04. The molecule has 1 atom stereocenters. The Bertz CT molecular complexity index is 1020. The van der Waals surface area contributed by atoms with E-state index in [4.69, 9.17) is 4.74 Å². The Kier molecular flexibility index (Phi) is 7.25. The van der Waals surface area contributed by atoms with Gasteiger partial charge in [-0.25, -0.2) is 4.68 Å². The number of aliphatic hydroxyl groups is 1.